The van der Waals surface area contributed by atoms with Crippen LogP contribution in [0.2, 0.25) is 10.0 Å². The molecule has 4 heteroatoms. The summed E-state index contributed by atoms with van der Waals surface area (Å²) in [5.74, 6) is 0. The van der Waals surface area contributed by atoms with Crippen LogP contribution in [0.3, 0.4) is 0 Å². The summed E-state index contributed by atoms with van der Waals surface area (Å²) >= 11 is 12.3. The lowest BCUT2D eigenvalue weighted by Crippen LogP contribution is -2.40. The zero-order chi connectivity index (χ0) is 19.7. The van der Waals surface area contributed by atoms with Gasteiger partial charge in [-0.25, -0.2) is 0 Å². The van der Waals surface area contributed by atoms with Crippen LogP contribution < -0.4 is 4.90 Å². The van der Waals surface area contributed by atoms with Crippen LogP contribution in [0.5, 0.6) is 0 Å². The smallest absolute Gasteiger partial charge is 0.0595 e. The quantitative estimate of drug-likeness (QED) is 0.533. The second kappa shape index (κ2) is 8.26. The van der Waals surface area contributed by atoms with Crippen LogP contribution in [-0.4, -0.2) is 23.5 Å². The number of fused-ring (bicyclic) bond motifs is 1. The van der Waals surface area contributed by atoms with E-state index in [4.69, 9.17) is 23.2 Å². The average molecular weight is 417 g/mol. The zero-order valence-electron chi connectivity index (χ0n) is 17.0. The van der Waals surface area contributed by atoms with Crippen molar-refractivity contribution in [3.05, 3.63) is 63.1 Å². The highest BCUT2D eigenvalue weighted by Gasteiger charge is 2.33. The van der Waals surface area contributed by atoms with Crippen LogP contribution in [0.4, 0.5) is 5.69 Å². The first-order chi connectivity index (χ1) is 13.4. The molecule has 0 aliphatic carbocycles. The Labute approximate surface area is 179 Å². The molecule has 0 saturated carbocycles. The molecule has 1 fully saturated rings. The third-order valence-electron chi connectivity index (χ3n) is 6.52. The van der Waals surface area contributed by atoms with Gasteiger partial charge in [0.05, 0.1) is 10.0 Å². The molecule has 0 aromatic heterocycles. The number of rotatable bonds is 5. The van der Waals surface area contributed by atoms with Crippen LogP contribution in [0, 0.1) is 0 Å². The highest BCUT2D eigenvalue weighted by Crippen LogP contribution is 2.37. The Morgan fingerprint density at radius 2 is 1.71 bits per heavy atom. The molecule has 2 nitrogen and oxygen atoms in total. The molecule has 0 radical (unpaired) electrons. The number of anilines is 1. The van der Waals surface area contributed by atoms with Crippen LogP contribution >= 0.6 is 23.2 Å². The van der Waals surface area contributed by atoms with Gasteiger partial charge in [0, 0.05) is 37.4 Å². The van der Waals surface area contributed by atoms with Crippen molar-refractivity contribution in [2.45, 2.75) is 64.6 Å². The SMILES string of the molecule is CC(C)(CCc1ccc(Cl)c(Cl)c1)N1Cc2cccc(N3CCCCC3)c2C1. The summed E-state index contributed by atoms with van der Waals surface area (Å²) in [6, 6.07) is 12.9. The first-order valence-electron chi connectivity index (χ1n) is 10.5. The second-order valence-corrected chi connectivity index (χ2v) is 9.69. The van der Waals surface area contributed by atoms with Gasteiger partial charge in [0.2, 0.25) is 0 Å². The fourth-order valence-corrected chi connectivity index (χ4v) is 4.89. The van der Waals surface area contributed by atoms with Crippen LogP contribution in [0.15, 0.2) is 36.4 Å². The van der Waals surface area contributed by atoms with E-state index in [2.05, 4.69) is 47.9 Å². The zero-order valence-corrected chi connectivity index (χ0v) is 18.5. The van der Waals surface area contributed by atoms with E-state index in [0.29, 0.717) is 10.0 Å². The van der Waals surface area contributed by atoms with E-state index in [1.165, 1.54) is 49.2 Å². The lowest BCUT2D eigenvalue weighted by atomic mass is 9.93. The monoisotopic (exact) mass is 416 g/mol. The van der Waals surface area contributed by atoms with Crippen LogP contribution in [-0.2, 0) is 19.5 Å². The molecule has 4 rings (SSSR count). The molecular weight excluding hydrogens is 387 g/mol. The van der Waals surface area contributed by atoms with Crippen molar-refractivity contribution in [1.29, 1.82) is 0 Å². The lowest BCUT2D eigenvalue weighted by molar-refractivity contribution is 0.109. The summed E-state index contributed by atoms with van der Waals surface area (Å²) in [5.41, 5.74) is 5.91. The predicted molar refractivity (Wildman–Crippen MR) is 121 cm³/mol. The van der Waals surface area contributed by atoms with E-state index in [0.717, 1.165) is 25.9 Å². The Morgan fingerprint density at radius 1 is 0.929 bits per heavy atom. The van der Waals surface area contributed by atoms with Crippen molar-refractivity contribution in [2.24, 2.45) is 0 Å². The van der Waals surface area contributed by atoms with E-state index < -0.39 is 0 Å². The minimum Gasteiger partial charge on any atom is -0.371 e. The number of hydrogen-bond acceptors (Lipinski definition) is 2. The largest absolute Gasteiger partial charge is 0.371 e. The second-order valence-electron chi connectivity index (χ2n) is 8.88. The summed E-state index contributed by atoms with van der Waals surface area (Å²) in [6.07, 6.45) is 6.12. The van der Waals surface area contributed by atoms with E-state index >= 15 is 0 Å². The molecule has 0 amide bonds. The first kappa shape index (κ1) is 20.1. The maximum Gasteiger partial charge on any atom is 0.0595 e. The first-order valence-corrected chi connectivity index (χ1v) is 11.2. The molecule has 28 heavy (non-hydrogen) atoms. The minimum atomic E-state index is 0.129. The molecule has 0 bridgehead atoms. The molecule has 0 atom stereocenters. The molecule has 2 aliphatic rings. The van der Waals surface area contributed by atoms with Crippen molar-refractivity contribution >= 4 is 28.9 Å². The molecule has 150 valence electrons. The van der Waals surface area contributed by atoms with Gasteiger partial charge in [-0.05, 0) is 80.8 Å². The molecule has 0 unspecified atom stereocenters. The van der Waals surface area contributed by atoms with Crippen molar-refractivity contribution in [3.8, 4) is 0 Å². The number of halogens is 2. The van der Waals surface area contributed by atoms with Gasteiger partial charge in [0.15, 0.2) is 0 Å². The normalized spacial score (nSPS) is 17.8. The van der Waals surface area contributed by atoms with Crippen molar-refractivity contribution in [1.82, 2.24) is 4.90 Å². The number of piperidine rings is 1. The standard InChI is InChI=1S/C24H30Cl2N2/c1-24(2,12-11-18-9-10-21(25)22(26)15-18)28-16-19-7-6-8-23(20(19)17-28)27-13-4-3-5-14-27/h6-10,15H,3-5,11-14,16-17H2,1-2H3. The third kappa shape index (κ3) is 4.20. The summed E-state index contributed by atoms with van der Waals surface area (Å²) in [7, 11) is 0. The average Bonchev–Trinajstić information content (AvgIpc) is 3.15. The number of aryl methyl sites for hydroxylation is 1. The van der Waals surface area contributed by atoms with E-state index in [1.807, 2.05) is 12.1 Å². The van der Waals surface area contributed by atoms with Gasteiger partial charge >= 0.3 is 0 Å². The van der Waals surface area contributed by atoms with Gasteiger partial charge in [-0.2, -0.15) is 0 Å². The van der Waals surface area contributed by atoms with Crippen LogP contribution in [0.25, 0.3) is 0 Å². The number of hydrogen-bond donors (Lipinski definition) is 0. The summed E-state index contributed by atoms with van der Waals surface area (Å²) in [6.45, 7) is 9.25. The third-order valence-corrected chi connectivity index (χ3v) is 7.26. The van der Waals surface area contributed by atoms with E-state index in [-0.39, 0.29) is 5.54 Å². The molecule has 0 N–H and O–H groups in total. The predicted octanol–water partition coefficient (Wildman–Crippen LogP) is 6.71. The Kier molecular flexibility index (Phi) is 5.92. The molecule has 2 aromatic rings. The summed E-state index contributed by atoms with van der Waals surface area (Å²) in [4.78, 5) is 5.25. The van der Waals surface area contributed by atoms with Crippen molar-refractivity contribution in [3.63, 3.8) is 0 Å². The van der Waals surface area contributed by atoms with E-state index in [1.54, 1.807) is 5.56 Å². The topological polar surface area (TPSA) is 6.48 Å². The highest BCUT2D eigenvalue weighted by molar-refractivity contribution is 6.42. The molecule has 1 saturated heterocycles. The Morgan fingerprint density at radius 3 is 2.46 bits per heavy atom. The molecular formula is C24H30Cl2N2. The molecule has 2 aromatic carbocycles. The van der Waals surface area contributed by atoms with Crippen molar-refractivity contribution in [2.75, 3.05) is 18.0 Å². The number of benzene rings is 2. The molecule has 2 aliphatic heterocycles. The van der Waals surface area contributed by atoms with Gasteiger partial charge in [0.25, 0.3) is 0 Å². The Balaban J connectivity index is 1.46. The van der Waals surface area contributed by atoms with Gasteiger partial charge in [-0.15, -0.1) is 0 Å². The summed E-state index contributed by atoms with van der Waals surface area (Å²) < 4.78 is 0. The lowest BCUT2D eigenvalue weighted by Gasteiger charge is -2.36. The Hall–Kier alpha value is -1.22. The van der Waals surface area contributed by atoms with Gasteiger partial charge in [-0.1, -0.05) is 41.4 Å². The minimum absolute atomic E-state index is 0.129. The number of nitrogens with zero attached hydrogens (tertiary/aromatic N) is 2. The van der Waals surface area contributed by atoms with Gasteiger partial charge < -0.3 is 4.90 Å². The van der Waals surface area contributed by atoms with E-state index in [9.17, 15) is 0 Å². The summed E-state index contributed by atoms with van der Waals surface area (Å²) in [5, 5.41) is 1.28. The van der Waals surface area contributed by atoms with Gasteiger partial charge in [-0.3, -0.25) is 4.90 Å². The van der Waals surface area contributed by atoms with Crippen LogP contribution in [0.1, 0.15) is 56.2 Å². The fraction of sp³-hybridized carbons (Fsp3) is 0.500. The van der Waals surface area contributed by atoms with Gasteiger partial charge in [0.1, 0.15) is 0 Å². The maximum absolute atomic E-state index is 6.20. The highest BCUT2D eigenvalue weighted by atomic mass is 35.5. The maximum atomic E-state index is 6.20. The Bertz CT molecular complexity index is 840. The molecule has 0 spiro atoms. The van der Waals surface area contributed by atoms with Crippen molar-refractivity contribution < 1.29 is 0 Å². The fourth-order valence-electron chi connectivity index (χ4n) is 4.57. The molecule has 2 heterocycles.